The number of pyridine rings is 1. The molecule has 6 nitrogen and oxygen atoms in total. The highest BCUT2D eigenvalue weighted by atomic mass is 16.4. The van der Waals surface area contributed by atoms with Crippen molar-refractivity contribution in [2.75, 3.05) is 23.7 Å². The zero-order chi connectivity index (χ0) is 13.1. The van der Waals surface area contributed by atoms with Crippen molar-refractivity contribution in [3.63, 3.8) is 0 Å². The molecule has 1 aromatic heterocycles. The number of nitrogens with zero attached hydrogens (tertiary/aromatic N) is 2. The Morgan fingerprint density at radius 1 is 1.61 bits per heavy atom. The second-order valence-electron chi connectivity index (χ2n) is 4.74. The minimum absolute atomic E-state index is 0.0871. The van der Waals surface area contributed by atoms with Crippen LogP contribution in [0.1, 0.15) is 13.3 Å². The van der Waals surface area contributed by atoms with Crippen molar-refractivity contribution in [3.8, 4) is 0 Å². The van der Waals surface area contributed by atoms with Gasteiger partial charge in [0.1, 0.15) is 0 Å². The Hall–Kier alpha value is -1.82. The molecule has 18 heavy (non-hydrogen) atoms. The molecule has 0 radical (unpaired) electrons. The molecule has 2 heterocycles. The zero-order valence-electron chi connectivity index (χ0n) is 10.3. The molecule has 0 aromatic carbocycles. The number of carbonyl (C=O) groups is 1. The standard InChI is InChI=1S/C12H18N4O2/c1-8-4-9(6-15-5-8)16(12(17)18)11-2-3-14-7-10(11)13/h2-3,7-9,15H,4-6,13H2,1H3,(H,17,18)/t8-,9+/m1/s1. The number of aromatic nitrogens is 1. The van der Waals surface area contributed by atoms with E-state index in [0.29, 0.717) is 23.8 Å². The number of piperidine rings is 1. The van der Waals surface area contributed by atoms with Crippen LogP contribution in [0.4, 0.5) is 16.2 Å². The number of carboxylic acid groups (broad SMARTS) is 1. The van der Waals surface area contributed by atoms with Gasteiger partial charge in [0.15, 0.2) is 0 Å². The van der Waals surface area contributed by atoms with Crippen LogP contribution >= 0.6 is 0 Å². The molecule has 1 aliphatic heterocycles. The Morgan fingerprint density at radius 3 is 3.00 bits per heavy atom. The van der Waals surface area contributed by atoms with Crippen LogP contribution in [-0.4, -0.2) is 35.3 Å². The monoisotopic (exact) mass is 250 g/mol. The van der Waals surface area contributed by atoms with Gasteiger partial charge in [-0.15, -0.1) is 0 Å². The summed E-state index contributed by atoms with van der Waals surface area (Å²) < 4.78 is 0. The number of amides is 1. The minimum Gasteiger partial charge on any atom is -0.465 e. The average Bonchev–Trinajstić information content (AvgIpc) is 2.32. The highest BCUT2D eigenvalue weighted by Crippen LogP contribution is 2.27. The number of anilines is 2. The van der Waals surface area contributed by atoms with E-state index in [4.69, 9.17) is 5.73 Å². The van der Waals surface area contributed by atoms with E-state index < -0.39 is 6.09 Å². The first-order valence-corrected chi connectivity index (χ1v) is 6.02. The predicted molar refractivity (Wildman–Crippen MR) is 69.6 cm³/mol. The van der Waals surface area contributed by atoms with Crippen LogP contribution in [0.3, 0.4) is 0 Å². The van der Waals surface area contributed by atoms with Gasteiger partial charge in [-0.3, -0.25) is 9.88 Å². The maximum atomic E-state index is 11.5. The van der Waals surface area contributed by atoms with Crippen LogP contribution in [-0.2, 0) is 0 Å². The molecule has 6 heteroatoms. The van der Waals surface area contributed by atoms with Gasteiger partial charge < -0.3 is 16.2 Å². The van der Waals surface area contributed by atoms with Gasteiger partial charge in [0.05, 0.1) is 23.6 Å². The summed E-state index contributed by atoms with van der Waals surface area (Å²) in [6, 6.07) is 1.55. The van der Waals surface area contributed by atoms with Crippen molar-refractivity contribution < 1.29 is 9.90 Å². The highest BCUT2D eigenvalue weighted by Gasteiger charge is 2.30. The summed E-state index contributed by atoms with van der Waals surface area (Å²) in [5.41, 5.74) is 6.71. The predicted octanol–water partition coefficient (Wildman–Crippen LogP) is 1.15. The quantitative estimate of drug-likeness (QED) is 0.732. The lowest BCUT2D eigenvalue weighted by Gasteiger charge is -2.35. The number of hydrogen-bond acceptors (Lipinski definition) is 4. The summed E-state index contributed by atoms with van der Waals surface area (Å²) in [4.78, 5) is 16.7. The van der Waals surface area contributed by atoms with Gasteiger partial charge in [-0.25, -0.2) is 4.79 Å². The van der Waals surface area contributed by atoms with E-state index in [0.717, 1.165) is 13.0 Å². The van der Waals surface area contributed by atoms with E-state index >= 15 is 0 Å². The molecule has 1 amide bonds. The van der Waals surface area contributed by atoms with E-state index in [-0.39, 0.29) is 6.04 Å². The molecule has 0 bridgehead atoms. The highest BCUT2D eigenvalue weighted by molar-refractivity contribution is 5.90. The third-order valence-corrected chi connectivity index (χ3v) is 3.21. The lowest BCUT2D eigenvalue weighted by molar-refractivity contribution is 0.195. The van der Waals surface area contributed by atoms with Crippen LogP contribution in [0.25, 0.3) is 0 Å². The molecule has 2 atom stereocenters. The van der Waals surface area contributed by atoms with Crippen molar-refractivity contribution in [1.29, 1.82) is 0 Å². The first-order chi connectivity index (χ1) is 8.59. The third-order valence-electron chi connectivity index (χ3n) is 3.21. The first-order valence-electron chi connectivity index (χ1n) is 6.02. The van der Waals surface area contributed by atoms with Gasteiger partial charge in [-0.05, 0) is 24.9 Å². The van der Waals surface area contributed by atoms with E-state index in [9.17, 15) is 9.90 Å². The number of nitrogens with one attached hydrogen (secondary N) is 1. The Kier molecular flexibility index (Phi) is 3.66. The third kappa shape index (κ3) is 2.53. The fraction of sp³-hybridized carbons (Fsp3) is 0.500. The van der Waals surface area contributed by atoms with Gasteiger partial charge in [-0.2, -0.15) is 0 Å². The second-order valence-corrected chi connectivity index (χ2v) is 4.74. The molecule has 0 aliphatic carbocycles. The number of nitrogen functional groups attached to an aromatic ring is 1. The van der Waals surface area contributed by atoms with Crippen LogP contribution < -0.4 is 16.0 Å². The van der Waals surface area contributed by atoms with Crippen molar-refractivity contribution in [1.82, 2.24) is 10.3 Å². The maximum absolute atomic E-state index is 11.5. The minimum atomic E-state index is -0.978. The molecule has 2 rings (SSSR count). The molecule has 1 fully saturated rings. The van der Waals surface area contributed by atoms with Crippen LogP contribution in [0.15, 0.2) is 18.5 Å². The van der Waals surface area contributed by atoms with Gasteiger partial charge in [-0.1, -0.05) is 6.92 Å². The lowest BCUT2D eigenvalue weighted by Crippen LogP contribution is -2.51. The summed E-state index contributed by atoms with van der Waals surface area (Å²) in [7, 11) is 0. The van der Waals surface area contributed by atoms with Gasteiger partial charge >= 0.3 is 6.09 Å². The Balaban J connectivity index is 2.28. The van der Waals surface area contributed by atoms with E-state index in [1.165, 1.54) is 11.1 Å². The van der Waals surface area contributed by atoms with Gasteiger partial charge in [0.2, 0.25) is 0 Å². The number of nitrogens with two attached hydrogens (primary N) is 1. The summed E-state index contributed by atoms with van der Waals surface area (Å²) in [5.74, 6) is 0.452. The fourth-order valence-electron chi connectivity index (χ4n) is 2.40. The zero-order valence-corrected chi connectivity index (χ0v) is 10.3. The first kappa shape index (κ1) is 12.6. The van der Waals surface area contributed by atoms with Crippen molar-refractivity contribution in [2.45, 2.75) is 19.4 Å². The molecular formula is C12H18N4O2. The van der Waals surface area contributed by atoms with Gasteiger partial charge in [0.25, 0.3) is 0 Å². The topological polar surface area (TPSA) is 91.5 Å². The van der Waals surface area contributed by atoms with Crippen LogP contribution in [0.5, 0.6) is 0 Å². The molecule has 1 aliphatic rings. The Labute approximate surface area is 106 Å². The normalized spacial score (nSPS) is 23.6. The number of hydrogen-bond donors (Lipinski definition) is 3. The van der Waals surface area contributed by atoms with Crippen LogP contribution in [0, 0.1) is 5.92 Å². The fourth-order valence-corrected chi connectivity index (χ4v) is 2.40. The largest absolute Gasteiger partial charge is 0.465 e. The van der Waals surface area contributed by atoms with E-state index in [1.807, 2.05) is 0 Å². The summed E-state index contributed by atoms with van der Waals surface area (Å²) in [6.45, 7) is 3.68. The molecule has 98 valence electrons. The van der Waals surface area contributed by atoms with Gasteiger partial charge in [0, 0.05) is 12.7 Å². The maximum Gasteiger partial charge on any atom is 0.412 e. The Morgan fingerprint density at radius 2 is 2.39 bits per heavy atom. The van der Waals surface area contributed by atoms with Crippen molar-refractivity contribution in [2.24, 2.45) is 5.92 Å². The Bertz CT molecular complexity index is 438. The summed E-state index contributed by atoms with van der Waals surface area (Å²) in [6.07, 6.45) is 2.89. The SMILES string of the molecule is C[C@H]1CNC[C@@H](N(C(=O)O)c2ccncc2N)C1. The molecule has 4 N–H and O–H groups in total. The van der Waals surface area contributed by atoms with E-state index in [2.05, 4.69) is 17.2 Å². The average molecular weight is 250 g/mol. The van der Waals surface area contributed by atoms with E-state index in [1.54, 1.807) is 12.3 Å². The number of rotatable bonds is 2. The lowest BCUT2D eigenvalue weighted by atomic mass is 9.96. The molecular weight excluding hydrogens is 232 g/mol. The molecule has 1 saturated heterocycles. The van der Waals surface area contributed by atoms with Crippen LogP contribution in [0.2, 0.25) is 0 Å². The summed E-state index contributed by atoms with van der Waals surface area (Å²) >= 11 is 0. The molecule has 0 saturated carbocycles. The molecule has 0 spiro atoms. The smallest absolute Gasteiger partial charge is 0.412 e. The second kappa shape index (κ2) is 5.22. The molecule has 1 aromatic rings. The molecule has 0 unspecified atom stereocenters. The van der Waals surface area contributed by atoms with Crippen molar-refractivity contribution >= 4 is 17.5 Å². The summed E-state index contributed by atoms with van der Waals surface area (Å²) in [5, 5.41) is 12.7. The van der Waals surface area contributed by atoms with Crippen molar-refractivity contribution in [3.05, 3.63) is 18.5 Å².